The van der Waals surface area contributed by atoms with Gasteiger partial charge in [-0.15, -0.1) is 0 Å². The van der Waals surface area contributed by atoms with Crippen LogP contribution in [0.5, 0.6) is 5.75 Å². The number of aliphatic hydroxyl groups excluding tert-OH is 1. The number of non-ortho nitro benzene ring substituents is 1. The molecule has 0 bridgehead atoms. The third-order valence-corrected chi connectivity index (χ3v) is 6.06. The summed E-state index contributed by atoms with van der Waals surface area (Å²) < 4.78 is 10.0. The van der Waals surface area contributed by atoms with Crippen molar-refractivity contribution in [3.8, 4) is 5.75 Å². The number of benzene rings is 2. The fourth-order valence-corrected chi connectivity index (χ4v) is 4.10. The number of carbonyl (C=O) groups excluding carboxylic acids is 4. The number of amides is 3. The molecule has 4 rings (SSSR count). The van der Waals surface area contributed by atoms with Gasteiger partial charge >= 0.3 is 6.16 Å². The van der Waals surface area contributed by atoms with E-state index in [0.717, 1.165) is 17.2 Å². The molecular weight excluding hydrogens is 514 g/mol. The number of nitrogens with zero attached hydrogens (tertiary/aromatic N) is 3. The minimum absolute atomic E-state index is 0.0932. The molecule has 3 amide bonds. The molecule has 2 aromatic rings. The Labute approximate surface area is 221 Å². The van der Waals surface area contributed by atoms with Crippen molar-refractivity contribution in [3.63, 3.8) is 0 Å². The molecule has 14 nitrogen and oxygen atoms in total. The number of aliphatic hydroxyl groups is 1. The Bertz CT molecular complexity index is 1260. The summed E-state index contributed by atoms with van der Waals surface area (Å²) in [7, 11) is 0. The van der Waals surface area contributed by atoms with Gasteiger partial charge < -0.3 is 24.8 Å². The van der Waals surface area contributed by atoms with Crippen molar-refractivity contribution >= 4 is 35.3 Å². The van der Waals surface area contributed by atoms with Gasteiger partial charge in [0, 0.05) is 36.5 Å². The van der Waals surface area contributed by atoms with Crippen LogP contribution in [-0.2, 0) is 25.7 Å². The van der Waals surface area contributed by atoms with Crippen molar-refractivity contribution in [2.45, 2.75) is 31.7 Å². The summed E-state index contributed by atoms with van der Waals surface area (Å²) in [6.07, 6.45) is 1.41. The number of imide groups is 1. The molecule has 1 unspecified atom stereocenters. The highest BCUT2D eigenvalue weighted by Crippen LogP contribution is 2.23. The van der Waals surface area contributed by atoms with E-state index in [1.165, 1.54) is 29.2 Å². The molecule has 1 saturated heterocycles. The average molecular weight is 540 g/mol. The maximum Gasteiger partial charge on any atom is 0.514 e. The second kappa shape index (κ2) is 12.1. The number of rotatable bonds is 10. The number of hydrogen-bond donors (Lipinski definition) is 3. The molecule has 2 aliphatic rings. The topological polar surface area (TPSA) is 181 Å². The van der Waals surface area contributed by atoms with Crippen LogP contribution in [0.15, 0.2) is 60.7 Å². The van der Waals surface area contributed by atoms with E-state index in [1.807, 2.05) is 0 Å². The predicted octanol–water partition coefficient (Wildman–Crippen LogP) is 1.46. The highest BCUT2D eigenvalue weighted by Gasteiger charge is 2.34. The maximum atomic E-state index is 12.7. The average Bonchev–Trinajstić information content (AvgIpc) is 3.54. The Morgan fingerprint density at radius 1 is 1.08 bits per heavy atom. The number of ether oxygens (including phenoxy) is 2. The molecule has 0 spiro atoms. The van der Waals surface area contributed by atoms with Gasteiger partial charge in [-0.05, 0) is 42.7 Å². The van der Waals surface area contributed by atoms with Gasteiger partial charge in [0.2, 0.25) is 5.91 Å². The Kier molecular flexibility index (Phi) is 8.48. The SMILES string of the molecule is O=C(OCc1ccc(NC(O)[C@@H]2CCCN2C(=O)CNN2C(=O)C=CC2=O)cc1)Oc1ccc([N+](=O)[O-])cc1. The Morgan fingerprint density at radius 2 is 1.74 bits per heavy atom. The van der Waals surface area contributed by atoms with E-state index < -0.39 is 35.2 Å². The second-order valence-electron chi connectivity index (χ2n) is 8.65. The number of likely N-dealkylation sites (tertiary alicyclic amines) is 1. The van der Waals surface area contributed by atoms with Crippen LogP contribution >= 0.6 is 0 Å². The first kappa shape index (κ1) is 27.2. The van der Waals surface area contributed by atoms with E-state index in [4.69, 9.17) is 9.47 Å². The van der Waals surface area contributed by atoms with Crippen molar-refractivity contribution in [2.75, 3.05) is 18.4 Å². The quantitative estimate of drug-likeness (QED) is 0.0993. The molecule has 2 atom stereocenters. The molecule has 2 aliphatic heterocycles. The van der Waals surface area contributed by atoms with Crippen molar-refractivity contribution < 1.29 is 38.7 Å². The van der Waals surface area contributed by atoms with E-state index >= 15 is 0 Å². The third kappa shape index (κ3) is 6.94. The lowest BCUT2D eigenvalue weighted by atomic mass is 10.1. The Balaban J connectivity index is 1.23. The minimum Gasteiger partial charge on any atom is -0.429 e. The van der Waals surface area contributed by atoms with E-state index in [-0.39, 0.29) is 30.5 Å². The number of nitro benzene ring substituents is 1. The van der Waals surface area contributed by atoms with Crippen LogP contribution in [0.3, 0.4) is 0 Å². The second-order valence-corrected chi connectivity index (χ2v) is 8.65. The first-order valence-electron chi connectivity index (χ1n) is 11.9. The van der Waals surface area contributed by atoms with Crippen LogP contribution < -0.4 is 15.5 Å². The van der Waals surface area contributed by atoms with Crippen LogP contribution in [-0.4, -0.2) is 69.2 Å². The molecule has 14 heteroatoms. The molecule has 0 saturated carbocycles. The van der Waals surface area contributed by atoms with E-state index in [2.05, 4.69) is 10.7 Å². The number of anilines is 1. The molecule has 3 N–H and O–H groups in total. The predicted molar refractivity (Wildman–Crippen MR) is 134 cm³/mol. The van der Waals surface area contributed by atoms with Gasteiger partial charge in [0.15, 0.2) is 0 Å². The number of hydrazine groups is 1. The monoisotopic (exact) mass is 539 g/mol. The maximum absolute atomic E-state index is 12.7. The van der Waals surface area contributed by atoms with Crippen molar-refractivity contribution in [3.05, 3.63) is 76.4 Å². The van der Waals surface area contributed by atoms with Gasteiger partial charge in [-0.25, -0.2) is 15.2 Å². The minimum atomic E-state index is -1.08. The number of nitro groups is 1. The molecular formula is C25H25N5O9. The van der Waals surface area contributed by atoms with E-state index in [1.54, 1.807) is 24.3 Å². The lowest BCUT2D eigenvalue weighted by Gasteiger charge is -2.30. The van der Waals surface area contributed by atoms with Gasteiger partial charge in [-0.1, -0.05) is 12.1 Å². The zero-order chi connectivity index (χ0) is 27.9. The van der Waals surface area contributed by atoms with Gasteiger partial charge in [-0.3, -0.25) is 24.5 Å². The molecule has 0 aliphatic carbocycles. The van der Waals surface area contributed by atoms with Crippen LogP contribution in [0.25, 0.3) is 0 Å². The van der Waals surface area contributed by atoms with Gasteiger partial charge in [0.05, 0.1) is 17.5 Å². The van der Waals surface area contributed by atoms with Gasteiger partial charge in [0.1, 0.15) is 18.6 Å². The fourth-order valence-electron chi connectivity index (χ4n) is 4.10. The zero-order valence-corrected chi connectivity index (χ0v) is 20.5. The summed E-state index contributed by atoms with van der Waals surface area (Å²) in [6.45, 7) is 0.0596. The number of carbonyl (C=O) groups is 4. The molecule has 2 aromatic carbocycles. The number of hydrogen-bond acceptors (Lipinski definition) is 11. The van der Waals surface area contributed by atoms with Gasteiger partial charge in [0.25, 0.3) is 17.5 Å². The lowest BCUT2D eigenvalue weighted by Crippen LogP contribution is -2.52. The van der Waals surface area contributed by atoms with Crippen molar-refractivity contribution in [1.29, 1.82) is 0 Å². The van der Waals surface area contributed by atoms with Crippen LogP contribution in [0, 0.1) is 10.1 Å². The van der Waals surface area contributed by atoms with Crippen molar-refractivity contribution in [1.82, 2.24) is 15.3 Å². The molecule has 1 fully saturated rings. The Morgan fingerprint density at radius 3 is 2.38 bits per heavy atom. The van der Waals surface area contributed by atoms with Crippen LogP contribution in [0.2, 0.25) is 0 Å². The summed E-state index contributed by atoms with van der Waals surface area (Å²) in [5.41, 5.74) is 3.59. The summed E-state index contributed by atoms with van der Waals surface area (Å²) in [5, 5.41) is 25.1. The van der Waals surface area contributed by atoms with E-state index in [9.17, 15) is 34.4 Å². The summed E-state index contributed by atoms with van der Waals surface area (Å²) in [6, 6.07) is 11.2. The standard InChI is InChI=1S/C25H25N5O9/c31-21-11-12-22(32)29(21)26-14-23(33)28-13-1-2-20(28)24(34)27-17-5-3-16(4-6-17)15-38-25(35)39-19-9-7-18(8-10-19)30(36)37/h3-12,20,24,26-27,34H,1-2,13-15H2/t20-,24?/m0/s1. The fraction of sp³-hybridized carbons (Fsp3) is 0.280. The number of nitrogens with one attached hydrogen (secondary N) is 2. The molecule has 2 heterocycles. The van der Waals surface area contributed by atoms with Gasteiger partial charge in [-0.2, -0.15) is 0 Å². The summed E-state index contributed by atoms with van der Waals surface area (Å²) in [4.78, 5) is 59.5. The smallest absolute Gasteiger partial charge is 0.429 e. The normalized spacial score (nSPS) is 17.3. The molecule has 0 aromatic heterocycles. The molecule has 0 radical (unpaired) electrons. The van der Waals surface area contributed by atoms with Crippen LogP contribution in [0.1, 0.15) is 18.4 Å². The van der Waals surface area contributed by atoms with E-state index in [0.29, 0.717) is 30.6 Å². The largest absolute Gasteiger partial charge is 0.514 e. The van der Waals surface area contributed by atoms with Crippen molar-refractivity contribution in [2.24, 2.45) is 0 Å². The summed E-state index contributed by atoms with van der Waals surface area (Å²) >= 11 is 0. The zero-order valence-electron chi connectivity index (χ0n) is 20.5. The Hall–Kier alpha value is -4.82. The first-order valence-corrected chi connectivity index (χ1v) is 11.9. The highest BCUT2D eigenvalue weighted by molar-refractivity contribution is 6.12. The first-order chi connectivity index (χ1) is 18.7. The summed E-state index contributed by atoms with van der Waals surface area (Å²) in [5.74, 6) is -1.37. The third-order valence-electron chi connectivity index (χ3n) is 6.06. The molecule has 204 valence electrons. The lowest BCUT2D eigenvalue weighted by molar-refractivity contribution is -0.384. The van der Waals surface area contributed by atoms with Crippen LogP contribution in [0.4, 0.5) is 16.2 Å². The highest BCUT2D eigenvalue weighted by atomic mass is 16.7. The molecule has 39 heavy (non-hydrogen) atoms.